The number of nitro benzene ring substituents is 1. The fraction of sp³-hybridized carbons (Fsp3) is 0.273. The van der Waals surface area contributed by atoms with Gasteiger partial charge in [0.15, 0.2) is 0 Å². The summed E-state index contributed by atoms with van der Waals surface area (Å²) in [7, 11) is -4.02. The lowest BCUT2D eigenvalue weighted by molar-refractivity contribution is -0.384. The largest absolute Gasteiger partial charge is 0.456 e. The smallest absolute Gasteiger partial charge is 0.355 e. The SMILES string of the molecule is CC1=C(C(=O)OCc2ccc([N+](=O)[O-])cc2)N2C(=O)C(N)[C@@H]2SC1.Cc1ccc(S(=O)(=O)O)cc1. The minimum absolute atomic E-state index is 0.0283. The summed E-state index contributed by atoms with van der Waals surface area (Å²) in [6.45, 7) is 3.59. The number of hydrogen-bond acceptors (Lipinski definition) is 9. The summed E-state index contributed by atoms with van der Waals surface area (Å²) in [6, 6.07) is 11.1. The summed E-state index contributed by atoms with van der Waals surface area (Å²) in [6.07, 6.45) is 0. The maximum absolute atomic E-state index is 12.4. The fourth-order valence-electron chi connectivity index (χ4n) is 3.30. The van der Waals surface area contributed by atoms with Crippen molar-refractivity contribution in [1.29, 1.82) is 0 Å². The van der Waals surface area contributed by atoms with Crippen LogP contribution in [0.15, 0.2) is 64.7 Å². The molecule has 3 N–H and O–H groups in total. The zero-order valence-corrected chi connectivity index (χ0v) is 20.4. The second kappa shape index (κ2) is 10.6. The second-order valence-electron chi connectivity index (χ2n) is 7.85. The molecule has 35 heavy (non-hydrogen) atoms. The van der Waals surface area contributed by atoms with Crippen molar-refractivity contribution in [3.8, 4) is 0 Å². The molecule has 0 bridgehead atoms. The summed E-state index contributed by atoms with van der Waals surface area (Å²) in [5, 5.41) is 10.4. The quantitative estimate of drug-likeness (QED) is 0.196. The molecule has 0 radical (unpaired) electrons. The molecule has 2 aromatic rings. The Hall–Kier alpha value is -3.26. The first-order valence-electron chi connectivity index (χ1n) is 10.2. The molecule has 0 saturated carbocycles. The lowest BCUT2D eigenvalue weighted by Crippen LogP contribution is -2.68. The summed E-state index contributed by atoms with van der Waals surface area (Å²) in [5.41, 5.74) is 8.32. The van der Waals surface area contributed by atoms with Gasteiger partial charge in [-0.3, -0.25) is 24.4 Å². The highest BCUT2D eigenvalue weighted by Gasteiger charge is 2.51. The van der Waals surface area contributed by atoms with E-state index in [0.29, 0.717) is 11.3 Å². The van der Waals surface area contributed by atoms with Crippen molar-refractivity contribution in [2.45, 2.75) is 36.8 Å². The van der Waals surface area contributed by atoms with Crippen molar-refractivity contribution in [1.82, 2.24) is 4.90 Å². The highest BCUT2D eigenvalue weighted by Crippen LogP contribution is 2.39. The van der Waals surface area contributed by atoms with Crippen molar-refractivity contribution in [3.63, 3.8) is 0 Å². The van der Waals surface area contributed by atoms with Crippen LogP contribution in [0.2, 0.25) is 0 Å². The molecule has 4 rings (SSSR count). The lowest BCUT2D eigenvalue weighted by atomic mass is 10.0. The minimum Gasteiger partial charge on any atom is -0.456 e. The van der Waals surface area contributed by atoms with Gasteiger partial charge in [-0.1, -0.05) is 17.7 Å². The van der Waals surface area contributed by atoms with Crippen molar-refractivity contribution in [3.05, 3.63) is 81.0 Å². The van der Waals surface area contributed by atoms with Crippen LogP contribution in [0.1, 0.15) is 18.1 Å². The van der Waals surface area contributed by atoms with E-state index < -0.39 is 27.1 Å². The van der Waals surface area contributed by atoms with Gasteiger partial charge in [-0.05, 0) is 49.2 Å². The monoisotopic (exact) mass is 521 g/mol. The zero-order valence-electron chi connectivity index (χ0n) is 18.8. The van der Waals surface area contributed by atoms with Gasteiger partial charge in [0.25, 0.3) is 15.8 Å². The van der Waals surface area contributed by atoms with Crippen molar-refractivity contribution in [2.75, 3.05) is 5.75 Å². The molecule has 186 valence electrons. The van der Waals surface area contributed by atoms with E-state index in [1.54, 1.807) is 19.1 Å². The maximum Gasteiger partial charge on any atom is 0.355 e. The van der Waals surface area contributed by atoms with Gasteiger partial charge in [-0.15, -0.1) is 11.8 Å². The van der Waals surface area contributed by atoms with Gasteiger partial charge in [-0.2, -0.15) is 8.42 Å². The van der Waals surface area contributed by atoms with Gasteiger partial charge in [0.05, 0.1) is 9.82 Å². The molecule has 11 nitrogen and oxygen atoms in total. The van der Waals surface area contributed by atoms with Gasteiger partial charge >= 0.3 is 5.97 Å². The van der Waals surface area contributed by atoms with Gasteiger partial charge in [-0.25, -0.2) is 4.79 Å². The standard InChI is InChI=1S/C15H15N3O5S.C7H8O3S/c1-8-7-24-14-11(16)13(19)17(14)12(8)15(20)23-6-9-2-4-10(5-3-9)18(21)22;1-6-2-4-7(5-3-6)11(8,9)10/h2-5,11,14H,6-7,16H2,1H3;2-5H,1H3,(H,8,9,10)/t11?,14-;/m0./s1. The van der Waals surface area contributed by atoms with E-state index in [9.17, 15) is 28.1 Å². The van der Waals surface area contributed by atoms with Crippen LogP contribution in [-0.2, 0) is 31.1 Å². The highest BCUT2D eigenvalue weighted by molar-refractivity contribution is 8.00. The van der Waals surface area contributed by atoms with Crippen LogP contribution in [0.5, 0.6) is 0 Å². The third-order valence-electron chi connectivity index (χ3n) is 5.23. The predicted octanol–water partition coefficient (Wildman–Crippen LogP) is 2.40. The molecule has 2 aromatic carbocycles. The summed E-state index contributed by atoms with van der Waals surface area (Å²) >= 11 is 1.52. The second-order valence-corrected chi connectivity index (χ2v) is 10.4. The zero-order chi connectivity index (χ0) is 25.9. The Kier molecular flexibility index (Phi) is 7.95. The number of β-lactam (4-membered cyclic amide) rings is 1. The molecule has 2 aliphatic heterocycles. The van der Waals surface area contributed by atoms with Gasteiger partial charge in [0.1, 0.15) is 23.7 Å². The number of non-ortho nitro benzene ring substituents is 1. The number of esters is 1. The number of hydrogen-bond donors (Lipinski definition) is 2. The number of fused-ring (bicyclic) bond motifs is 1. The van der Waals surface area contributed by atoms with E-state index in [0.717, 1.165) is 11.1 Å². The lowest BCUT2D eigenvalue weighted by Gasteiger charge is -2.48. The predicted molar refractivity (Wildman–Crippen MR) is 128 cm³/mol. The third kappa shape index (κ3) is 6.06. The average molecular weight is 522 g/mol. The van der Waals surface area contributed by atoms with Crippen LogP contribution in [0.25, 0.3) is 0 Å². The molecule has 1 amide bonds. The minimum atomic E-state index is -4.02. The highest BCUT2D eigenvalue weighted by atomic mass is 32.2. The van der Waals surface area contributed by atoms with Gasteiger partial charge < -0.3 is 10.5 Å². The number of ether oxygens (including phenoxy) is 1. The third-order valence-corrected chi connectivity index (χ3v) is 7.54. The molecule has 2 aliphatic rings. The Bertz CT molecular complexity index is 1270. The molecule has 1 fully saturated rings. The van der Waals surface area contributed by atoms with Crippen LogP contribution < -0.4 is 5.73 Å². The van der Waals surface area contributed by atoms with Gasteiger partial charge in [0.2, 0.25) is 5.91 Å². The topological polar surface area (TPSA) is 170 Å². The molecule has 1 unspecified atom stereocenters. The molecular formula is C22H23N3O8S2. The number of carbonyl (C=O) groups excluding carboxylic acids is 2. The number of amides is 1. The van der Waals surface area contributed by atoms with Gasteiger partial charge in [0, 0.05) is 17.9 Å². The number of carbonyl (C=O) groups is 2. The molecule has 0 aromatic heterocycles. The van der Waals surface area contributed by atoms with E-state index in [2.05, 4.69) is 0 Å². The van der Waals surface area contributed by atoms with E-state index in [4.69, 9.17) is 15.0 Å². The van der Waals surface area contributed by atoms with Crippen LogP contribution in [0.4, 0.5) is 5.69 Å². The van der Waals surface area contributed by atoms with Crippen LogP contribution in [0, 0.1) is 17.0 Å². The Morgan fingerprint density at radius 3 is 2.34 bits per heavy atom. The van der Waals surface area contributed by atoms with Crippen LogP contribution in [0.3, 0.4) is 0 Å². The molecular weight excluding hydrogens is 498 g/mol. The van der Waals surface area contributed by atoms with E-state index in [1.807, 2.05) is 6.92 Å². The first-order valence-corrected chi connectivity index (χ1v) is 12.7. The Labute approximate surface area is 205 Å². The molecule has 2 heterocycles. The molecule has 13 heteroatoms. The first-order chi connectivity index (χ1) is 16.4. The Balaban J connectivity index is 0.000000261. The summed E-state index contributed by atoms with van der Waals surface area (Å²) in [5.74, 6) is -0.255. The van der Waals surface area contributed by atoms with Crippen LogP contribution in [-0.4, -0.2) is 51.8 Å². The average Bonchev–Trinajstić information content (AvgIpc) is 2.82. The number of benzene rings is 2. The Morgan fingerprint density at radius 1 is 1.20 bits per heavy atom. The number of nitrogens with zero attached hydrogens (tertiary/aromatic N) is 2. The normalized spacial score (nSPS) is 19.2. The number of aryl methyl sites for hydroxylation is 1. The molecule has 1 saturated heterocycles. The maximum atomic E-state index is 12.4. The van der Waals surface area contributed by atoms with Crippen molar-refractivity contribution < 1.29 is 32.2 Å². The molecule has 0 spiro atoms. The summed E-state index contributed by atoms with van der Waals surface area (Å²) < 4.78 is 34.8. The molecule has 2 atom stereocenters. The van der Waals surface area contributed by atoms with Crippen molar-refractivity contribution >= 4 is 39.4 Å². The van der Waals surface area contributed by atoms with E-state index in [-0.39, 0.29) is 34.2 Å². The van der Waals surface area contributed by atoms with E-state index >= 15 is 0 Å². The van der Waals surface area contributed by atoms with Crippen molar-refractivity contribution in [2.24, 2.45) is 5.73 Å². The summed E-state index contributed by atoms with van der Waals surface area (Å²) in [4.78, 5) is 35.7. The fourth-order valence-corrected chi connectivity index (χ4v) is 5.02. The van der Waals surface area contributed by atoms with Crippen LogP contribution >= 0.6 is 11.8 Å². The molecule has 0 aliphatic carbocycles. The number of nitro groups is 1. The van der Waals surface area contributed by atoms with E-state index in [1.165, 1.54) is 53.1 Å². The number of nitrogens with two attached hydrogens (primary N) is 1. The first kappa shape index (κ1) is 26.3. The Morgan fingerprint density at radius 2 is 1.80 bits per heavy atom. The number of thioether (sulfide) groups is 1. The number of rotatable bonds is 5.